The number of anilines is 6. The van der Waals surface area contributed by atoms with E-state index in [4.69, 9.17) is 0 Å². The third kappa shape index (κ3) is 5.57. The molecule has 0 radical (unpaired) electrons. The zero-order valence-corrected chi connectivity index (χ0v) is 24.8. The number of nitrogens with zero attached hydrogens (tertiary/aromatic N) is 2. The van der Waals surface area contributed by atoms with Crippen molar-refractivity contribution in [1.29, 1.82) is 0 Å². The van der Waals surface area contributed by atoms with Gasteiger partial charge in [-0.15, -0.1) is 0 Å². The summed E-state index contributed by atoms with van der Waals surface area (Å²) < 4.78 is 0. The van der Waals surface area contributed by atoms with Crippen molar-refractivity contribution in [2.45, 2.75) is 27.7 Å². The Morgan fingerprint density at radius 1 is 0.310 bits per heavy atom. The average Bonchev–Trinajstić information content (AvgIpc) is 3.01. The van der Waals surface area contributed by atoms with Crippen molar-refractivity contribution in [1.82, 2.24) is 0 Å². The summed E-state index contributed by atoms with van der Waals surface area (Å²) in [6.45, 7) is 8.69. The number of para-hydroxylation sites is 2. The molecule has 42 heavy (non-hydrogen) atoms. The first kappa shape index (κ1) is 27.1. The molecule has 0 N–H and O–H groups in total. The van der Waals surface area contributed by atoms with Gasteiger partial charge in [-0.3, -0.25) is 0 Å². The molecule has 0 aliphatic heterocycles. The summed E-state index contributed by atoms with van der Waals surface area (Å²) in [5, 5.41) is 0. The maximum Gasteiger partial charge on any atom is 0.0464 e. The van der Waals surface area contributed by atoms with Crippen LogP contribution in [0, 0.1) is 27.7 Å². The van der Waals surface area contributed by atoms with E-state index in [0.29, 0.717) is 0 Å². The third-order valence-corrected chi connectivity index (χ3v) is 7.84. The monoisotopic (exact) mass is 544 g/mol. The van der Waals surface area contributed by atoms with E-state index in [0.717, 1.165) is 34.1 Å². The van der Waals surface area contributed by atoms with Crippen molar-refractivity contribution in [2.75, 3.05) is 9.80 Å². The Kier molecular flexibility index (Phi) is 7.62. The summed E-state index contributed by atoms with van der Waals surface area (Å²) in [5.74, 6) is 0. The normalized spacial score (nSPS) is 10.9. The van der Waals surface area contributed by atoms with Crippen LogP contribution in [0.15, 0.2) is 146 Å². The molecule has 0 aliphatic carbocycles. The fraction of sp³-hybridized carbons (Fsp3) is 0.100. The van der Waals surface area contributed by atoms with Gasteiger partial charge in [-0.1, -0.05) is 83.9 Å². The molecule has 0 fully saturated rings. The molecule has 0 aromatic heterocycles. The first-order chi connectivity index (χ1) is 20.5. The van der Waals surface area contributed by atoms with Crippen LogP contribution >= 0.6 is 0 Å². The zero-order valence-electron chi connectivity index (χ0n) is 24.8. The fourth-order valence-electron chi connectivity index (χ4n) is 5.61. The Balaban J connectivity index is 1.38. The summed E-state index contributed by atoms with van der Waals surface area (Å²) in [6.07, 6.45) is 0. The van der Waals surface area contributed by atoms with Crippen molar-refractivity contribution >= 4 is 34.1 Å². The van der Waals surface area contributed by atoms with Gasteiger partial charge >= 0.3 is 0 Å². The van der Waals surface area contributed by atoms with Crippen LogP contribution in [0.4, 0.5) is 34.1 Å². The van der Waals surface area contributed by atoms with Gasteiger partial charge in [0.2, 0.25) is 0 Å². The second-order valence-corrected chi connectivity index (χ2v) is 11.0. The van der Waals surface area contributed by atoms with Crippen LogP contribution in [0.5, 0.6) is 0 Å². The SMILES string of the molecule is Cc1ccc(N(c2ccccc2)c2ccc(-c3ccc(N(c4ccccc4)c4ccc(C)cc4)cc3C)c(C)c2)cc1. The van der Waals surface area contributed by atoms with Crippen molar-refractivity contribution in [3.8, 4) is 11.1 Å². The molecule has 0 bridgehead atoms. The molecule has 0 atom stereocenters. The average molecular weight is 545 g/mol. The van der Waals surface area contributed by atoms with E-state index in [1.807, 2.05) is 0 Å². The molecule has 2 nitrogen and oxygen atoms in total. The molecule has 0 saturated carbocycles. The summed E-state index contributed by atoms with van der Waals surface area (Å²) in [4.78, 5) is 4.65. The van der Waals surface area contributed by atoms with Crippen LogP contribution in [-0.4, -0.2) is 0 Å². The number of aryl methyl sites for hydroxylation is 4. The van der Waals surface area contributed by atoms with Gasteiger partial charge in [0, 0.05) is 34.1 Å². The van der Waals surface area contributed by atoms with Crippen LogP contribution in [0.3, 0.4) is 0 Å². The standard InChI is InChI=1S/C40H36N2/c1-29-15-19-35(20-16-29)41(33-11-7-5-8-12-33)37-23-25-39(31(3)27-37)40-26-24-38(28-32(40)4)42(34-13-9-6-10-14-34)36-21-17-30(2)18-22-36/h5-28H,1-4H3. The lowest BCUT2D eigenvalue weighted by Crippen LogP contribution is -2.10. The van der Waals surface area contributed by atoms with E-state index in [1.54, 1.807) is 0 Å². The molecular weight excluding hydrogens is 508 g/mol. The molecule has 0 unspecified atom stereocenters. The molecule has 0 spiro atoms. The van der Waals surface area contributed by atoms with Gasteiger partial charge in [0.1, 0.15) is 0 Å². The van der Waals surface area contributed by atoms with E-state index in [-0.39, 0.29) is 0 Å². The van der Waals surface area contributed by atoms with Gasteiger partial charge < -0.3 is 9.80 Å². The van der Waals surface area contributed by atoms with Crippen molar-refractivity contribution in [2.24, 2.45) is 0 Å². The Labute approximate surface area is 250 Å². The molecule has 0 amide bonds. The first-order valence-electron chi connectivity index (χ1n) is 14.5. The minimum absolute atomic E-state index is 1.14. The van der Waals surface area contributed by atoms with E-state index < -0.39 is 0 Å². The number of hydrogen-bond acceptors (Lipinski definition) is 2. The van der Waals surface area contributed by atoms with Crippen LogP contribution < -0.4 is 9.80 Å². The first-order valence-corrected chi connectivity index (χ1v) is 14.5. The van der Waals surface area contributed by atoms with Gasteiger partial charge in [0.15, 0.2) is 0 Å². The highest BCUT2D eigenvalue weighted by Gasteiger charge is 2.17. The van der Waals surface area contributed by atoms with Crippen LogP contribution in [-0.2, 0) is 0 Å². The minimum atomic E-state index is 1.14. The van der Waals surface area contributed by atoms with Crippen LogP contribution in [0.25, 0.3) is 11.1 Å². The van der Waals surface area contributed by atoms with Crippen molar-refractivity contribution < 1.29 is 0 Å². The second-order valence-electron chi connectivity index (χ2n) is 11.0. The van der Waals surface area contributed by atoms with E-state index in [1.165, 1.54) is 33.4 Å². The maximum atomic E-state index is 2.32. The molecular formula is C40H36N2. The number of benzene rings is 6. The van der Waals surface area contributed by atoms with Crippen LogP contribution in [0.2, 0.25) is 0 Å². The molecule has 6 aromatic rings. The lowest BCUT2D eigenvalue weighted by molar-refractivity contribution is 1.25. The van der Waals surface area contributed by atoms with E-state index in [2.05, 4.69) is 183 Å². The summed E-state index contributed by atoms with van der Waals surface area (Å²) in [6, 6.07) is 52.3. The Morgan fingerprint density at radius 3 is 0.952 bits per heavy atom. The van der Waals surface area contributed by atoms with E-state index in [9.17, 15) is 0 Å². The van der Waals surface area contributed by atoms with Crippen molar-refractivity contribution in [3.63, 3.8) is 0 Å². The quantitative estimate of drug-likeness (QED) is 0.197. The summed E-state index contributed by atoms with van der Waals surface area (Å²) >= 11 is 0. The van der Waals surface area contributed by atoms with Gasteiger partial charge in [-0.25, -0.2) is 0 Å². The Hall–Kier alpha value is -5.08. The topological polar surface area (TPSA) is 6.48 Å². The fourth-order valence-corrected chi connectivity index (χ4v) is 5.61. The van der Waals surface area contributed by atoms with Crippen molar-refractivity contribution in [3.05, 3.63) is 168 Å². The largest absolute Gasteiger partial charge is 0.310 e. The molecule has 0 heterocycles. The summed E-state index contributed by atoms with van der Waals surface area (Å²) in [7, 11) is 0. The number of rotatable bonds is 7. The summed E-state index contributed by atoms with van der Waals surface area (Å²) in [5.41, 5.74) is 14.4. The van der Waals surface area contributed by atoms with Gasteiger partial charge in [0.05, 0.1) is 0 Å². The molecule has 6 aromatic carbocycles. The molecule has 206 valence electrons. The third-order valence-electron chi connectivity index (χ3n) is 7.84. The highest BCUT2D eigenvalue weighted by molar-refractivity contribution is 5.83. The number of hydrogen-bond donors (Lipinski definition) is 0. The Morgan fingerprint density at radius 2 is 0.619 bits per heavy atom. The highest BCUT2D eigenvalue weighted by Crippen LogP contribution is 2.40. The lowest BCUT2D eigenvalue weighted by Gasteiger charge is -2.27. The smallest absolute Gasteiger partial charge is 0.0464 e. The zero-order chi connectivity index (χ0) is 29.1. The van der Waals surface area contributed by atoms with E-state index >= 15 is 0 Å². The predicted molar refractivity (Wildman–Crippen MR) is 180 cm³/mol. The molecule has 2 heteroatoms. The van der Waals surface area contributed by atoms with Gasteiger partial charge in [-0.05, 0) is 123 Å². The predicted octanol–water partition coefficient (Wildman–Crippen LogP) is 11.5. The lowest BCUT2D eigenvalue weighted by atomic mass is 9.95. The second kappa shape index (κ2) is 11.8. The molecule has 0 saturated heterocycles. The van der Waals surface area contributed by atoms with Gasteiger partial charge in [0.25, 0.3) is 0 Å². The molecule has 0 aliphatic rings. The maximum absolute atomic E-state index is 2.32. The molecule has 6 rings (SSSR count). The van der Waals surface area contributed by atoms with Gasteiger partial charge in [-0.2, -0.15) is 0 Å². The Bertz CT molecular complexity index is 1650. The van der Waals surface area contributed by atoms with Crippen LogP contribution in [0.1, 0.15) is 22.3 Å². The minimum Gasteiger partial charge on any atom is -0.310 e. The highest BCUT2D eigenvalue weighted by atomic mass is 15.1.